The van der Waals surface area contributed by atoms with Gasteiger partial charge in [-0.25, -0.2) is 0 Å². The fourth-order valence-electron chi connectivity index (χ4n) is 1.44. The maximum atomic E-state index is 11.4. The van der Waals surface area contributed by atoms with E-state index in [9.17, 15) is 4.79 Å². The lowest BCUT2D eigenvalue weighted by molar-refractivity contribution is 0.100. The van der Waals surface area contributed by atoms with Crippen molar-refractivity contribution in [1.82, 2.24) is 0 Å². The molecule has 1 aromatic carbocycles. The van der Waals surface area contributed by atoms with Gasteiger partial charge in [0.05, 0.1) is 4.83 Å². The number of carbonyl (C=O) groups excluding carboxylic acids is 1. The molecule has 0 radical (unpaired) electrons. The molecule has 3 heteroatoms. The van der Waals surface area contributed by atoms with Gasteiger partial charge in [-0.15, -0.1) is 0 Å². The number of fused-ring (bicyclic) bond motifs is 1. The molecule has 0 aliphatic heterocycles. The second kappa shape index (κ2) is 2.86. The summed E-state index contributed by atoms with van der Waals surface area (Å²) in [6.45, 7) is 0. The minimum Gasteiger partial charge on any atom is -0.293 e. The molecule has 0 N–H and O–H groups in total. The summed E-state index contributed by atoms with van der Waals surface area (Å²) >= 11 is 9.24. The van der Waals surface area contributed by atoms with Crippen LogP contribution in [0.3, 0.4) is 0 Å². The molecular weight excluding hydrogens is 239 g/mol. The van der Waals surface area contributed by atoms with Crippen LogP contribution in [-0.2, 0) is 6.42 Å². The van der Waals surface area contributed by atoms with E-state index in [1.54, 1.807) is 0 Å². The Morgan fingerprint density at radius 2 is 2.25 bits per heavy atom. The van der Waals surface area contributed by atoms with E-state index < -0.39 is 0 Å². The summed E-state index contributed by atoms with van der Waals surface area (Å²) in [7, 11) is 0. The molecular formula is C9H6BrClO. The van der Waals surface area contributed by atoms with Crippen LogP contribution in [0.15, 0.2) is 18.2 Å². The smallest absolute Gasteiger partial charge is 0.177 e. The lowest BCUT2D eigenvalue weighted by atomic mass is 10.1. The molecule has 0 heterocycles. The van der Waals surface area contributed by atoms with Gasteiger partial charge >= 0.3 is 0 Å². The van der Waals surface area contributed by atoms with Crippen molar-refractivity contribution in [3.05, 3.63) is 34.3 Å². The number of Topliss-reactive ketones (excluding diaryl/α,β-unsaturated/α-hetero) is 1. The van der Waals surface area contributed by atoms with Gasteiger partial charge in [0.15, 0.2) is 5.78 Å². The average molecular weight is 246 g/mol. The van der Waals surface area contributed by atoms with Crippen LogP contribution < -0.4 is 0 Å². The summed E-state index contributed by atoms with van der Waals surface area (Å²) in [5, 5.41) is 0.697. The summed E-state index contributed by atoms with van der Waals surface area (Å²) in [4.78, 5) is 11.4. The lowest BCUT2D eigenvalue weighted by Crippen LogP contribution is -2.05. The molecule has 12 heavy (non-hydrogen) atoms. The van der Waals surface area contributed by atoms with E-state index in [1.165, 1.54) is 0 Å². The normalized spacial score (nSPS) is 21.2. The van der Waals surface area contributed by atoms with Gasteiger partial charge < -0.3 is 0 Å². The van der Waals surface area contributed by atoms with E-state index in [2.05, 4.69) is 15.9 Å². The Bertz CT molecular complexity index is 348. The van der Waals surface area contributed by atoms with Gasteiger partial charge in [0.1, 0.15) is 0 Å². The fraction of sp³-hybridized carbons (Fsp3) is 0.222. The van der Waals surface area contributed by atoms with Crippen molar-refractivity contribution in [2.45, 2.75) is 11.2 Å². The van der Waals surface area contributed by atoms with Crippen molar-refractivity contribution in [2.24, 2.45) is 0 Å². The molecule has 0 fully saturated rings. The Hall–Kier alpha value is -0.340. The number of halogens is 2. The van der Waals surface area contributed by atoms with Crippen LogP contribution in [0.25, 0.3) is 0 Å². The first-order chi connectivity index (χ1) is 5.70. The first-order valence-electron chi connectivity index (χ1n) is 3.66. The summed E-state index contributed by atoms with van der Waals surface area (Å²) < 4.78 is 0. The minimum absolute atomic E-state index is 0.0765. The summed E-state index contributed by atoms with van der Waals surface area (Å²) in [5.74, 6) is 0.146. The highest BCUT2D eigenvalue weighted by Gasteiger charge is 2.29. The van der Waals surface area contributed by atoms with Crippen molar-refractivity contribution < 1.29 is 4.79 Å². The minimum atomic E-state index is -0.0765. The molecule has 2 rings (SSSR count). The van der Waals surface area contributed by atoms with Gasteiger partial charge in [0.25, 0.3) is 0 Å². The second-order valence-electron chi connectivity index (χ2n) is 2.80. The van der Waals surface area contributed by atoms with Crippen LogP contribution in [0, 0.1) is 0 Å². The number of hydrogen-bond donors (Lipinski definition) is 0. The number of rotatable bonds is 0. The molecule has 1 unspecified atom stereocenters. The molecule has 0 spiro atoms. The van der Waals surface area contributed by atoms with Gasteiger partial charge in [-0.05, 0) is 18.1 Å². The highest BCUT2D eigenvalue weighted by Crippen LogP contribution is 2.31. The molecule has 0 aromatic heterocycles. The van der Waals surface area contributed by atoms with Gasteiger partial charge in [0, 0.05) is 10.6 Å². The predicted octanol–water partition coefficient (Wildman–Crippen LogP) is 2.84. The molecule has 62 valence electrons. The fourth-order valence-corrected chi connectivity index (χ4v) is 2.26. The second-order valence-corrected chi connectivity index (χ2v) is 4.31. The Labute approximate surface area is 83.9 Å². The highest BCUT2D eigenvalue weighted by molar-refractivity contribution is 9.10. The van der Waals surface area contributed by atoms with Gasteiger partial charge in [-0.3, -0.25) is 4.79 Å². The highest BCUT2D eigenvalue weighted by atomic mass is 79.9. The van der Waals surface area contributed by atoms with Crippen LogP contribution in [-0.4, -0.2) is 10.6 Å². The quantitative estimate of drug-likeness (QED) is 0.643. The van der Waals surface area contributed by atoms with Crippen molar-refractivity contribution >= 4 is 33.3 Å². The number of alkyl halides is 1. The largest absolute Gasteiger partial charge is 0.293 e. The number of benzene rings is 1. The zero-order valence-electron chi connectivity index (χ0n) is 6.18. The van der Waals surface area contributed by atoms with E-state index in [0.29, 0.717) is 11.4 Å². The molecule has 0 saturated carbocycles. The topological polar surface area (TPSA) is 17.1 Å². The molecule has 1 aromatic rings. The van der Waals surface area contributed by atoms with E-state index in [0.717, 1.165) is 11.1 Å². The van der Waals surface area contributed by atoms with Crippen molar-refractivity contribution in [1.29, 1.82) is 0 Å². The van der Waals surface area contributed by atoms with Gasteiger partial charge in [-0.2, -0.15) is 0 Å². The average Bonchev–Trinajstić information content (AvgIpc) is 2.32. The predicted molar refractivity (Wildman–Crippen MR) is 52.2 cm³/mol. The standard InChI is InChI=1S/C9H6BrClO/c10-7-4-6-5(9(7)12)2-1-3-8(6)11/h1-3,7H,4H2. The van der Waals surface area contributed by atoms with Crippen LogP contribution >= 0.6 is 27.5 Å². The third-order valence-corrected chi connectivity index (χ3v) is 3.15. The zero-order chi connectivity index (χ0) is 8.72. The first-order valence-corrected chi connectivity index (χ1v) is 4.95. The number of carbonyl (C=O) groups is 1. The maximum absolute atomic E-state index is 11.4. The summed E-state index contributed by atoms with van der Waals surface area (Å²) in [6, 6.07) is 5.45. The molecule has 1 nitrogen and oxygen atoms in total. The maximum Gasteiger partial charge on any atom is 0.177 e. The van der Waals surface area contributed by atoms with E-state index in [1.807, 2.05) is 18.2 Å². The van der Waals surface area contributed by atoms with Crippen LogP contribution in [0.2, 0.25) is 5.02 Å². The zero-order valence-corrected chi connectivity index (χ0v) is 8.52. The van der Waals surface area contributed by atoms with Gasteiger partial charge in [-0.1, -0.05) is 39.7 Å². The molecule has 0 bridgehead atoms. The Kier molecular flexibility index (Phi) is 1.97. The van der Waals surface area contributed by atoms with Crippen LogP contribution in [0.1, 0.15) is 15.9 Å². The van der Waals surface area contributed by atoms with E-state index in [-0.39, 0.29) is 10.6 Å². The molecule has 1 aliphatic carbocycles. The first kappa shape index (κ1) is 8.27. The molecule has 0 amide bonds. The summed E-state index contributed by atoms with van der Waals surface area (Å²) in [5.41, 5.74) is 1.75. The number of hydrogen-bond acceptors (Lipinski definition) is 1. The van der Waals surface area contributed by atoms with Crippen molar-refractivity contribution in [3.63, 3.8) is 0 Å². The Balaban J connectivity index is 2.61. The third-order valence-electron chi connectivity index (χ3n) is 2.05. The monoisotopic (exact) mass is 244 g/mol. The summed E-state index contributed by atoms with van der Waals surface area (Å²) in [6.07, 6.45) is 0.716. The third kappa shape index (κ3) is 1.10. The van der Waals surface area contributed by atoms with Crippen molar-refractivity contribution in [2.75, 3.05) is 0 Å². The Morgan fingerprint density at radius 1 is 1.50 bits per heavy atom. The SMILES string of the molecule is O=C1c2cccc(Cl)c2CC1Br. The molecule has 0 saturated heterocycles. The number of ketones is 1. The van der Waals surface area contributed by atoms with Gasteiger partial charge in [0.2, 0.25) is 0 Å². The van der Waals surface area contributed by atoms with E-state index in [4.69, 9.17) is 11.6 Å². The molecule has 1 atom stereocenters. The van der Waals surface area contributed by atoms with E-state index >= 15 is 0 Å². The lowest BCUT2D eigenvalue weighted by Gasteiger charge is -1.97. The Morgan fingerprint density at radius 3 is 2.92 bits per heavy atom. The van der Waals surface area contributed by atoms with Crippen LogP contribution in [0.4, 0.5) is 0 Å². The van der Waals surface area contributed by atoms with Crippen LogP contribution in [0.5, 0.6) is 0 Å². The van der Waals surface area contributed by atoms with Crippen molar-refractivity contribution in [3.8, 4) is 0 Å². The molecule has 1 aliphatic rings.